The van der Waals surface area contributed by atoms with E-state index in [1.54, 1.807) is 18.3 Å². The number of pyridine rings is 1. The fourth-order valence-corrected chi connectivity index (χ4v) is 3.54. The summed E-state index contributed by atoms with van der Waals surface area (Å²) in [7, 11) is 1.84. The SMILES string of the molecule is Cc1cc(-c2nnc(C(C)Sc3nnc(-c4cccc(F)c4)n3C)o2)ccn1. The zero-order valence-electron chi connectivity index (χ0n) is 15.5. The van der Waals surface area contributed by atoms with Gasteiger partial charge in [-0.15, -0.1) is 20.4 Å². The van der Waals surface area contributed by atoms with Crippen molar-refractivity contribution >= 4 is 11.8 Å². The highest BCUT2D eigenvalue weighted by Gasteiger charge is 2.20. The summed E-state index contributed by atoms with van der Waals surface area (Å²) in [5.74, 6) is 1.22. The number of aromatic nitrogens is 6. The van der Waals surface area contributed by atoms with Crippen LogP contribution in [0.25, 0.3) is 22.8 Å². The number of nitrogens with zero attached hydrogens (tertiary/aromatic N) is 6. The normalized spacial score (nSPS) is 12.3. The molecule has 7 nitrogen and oxygen atoms in total. The molecule has 4 aromatic rings. The molecule has 1 atom stereocenters. The summed E-state index contributed by atoms with van der Waals surface area (Å²) in [5, 5.41) is 17.2. The van der Waals surface area contributed by atoms with Crippen molar-refractivity contribution in [1.29, 1.82) is 0 Å². The first-order chi connectivity index (χ1) is 13.5. The van der Waals surface area contributed by atoms with Gasteiger partial charge in [0.1, 0.15) is 5.82 Å². The van der Waals surface area contributed by atoms with Gasteiger partial charge >= 0.3 is 0 Å². The predicted molar refractivity (Wildman–Crippen MR) is 103 cm³/mol. The zero-order chi connectivity index (χ0) is 19.7. The molecule has 0 radical (unpaired) electrons. The number of hydrogen-bond donors (Lipinski definition) is 0. The van der Waals surface area contributed by atoms with Gasteiger partial charge in [-0.25, -0.2) is 4.39 Å². The Bertz CT molecular complexity index is 1130. The predicted octanol–water partition coefficient (Wildman–Crippen LogP) is 4.23. The third-order valence-corrected chi connectivity index (χ3v) is 5.25. The van der Waals surface area contributed by atoms with Gasteiger partial charge in [-0.1, -0.05) is 23.9 Å². The van der Waals surface area contributed by atoms with Crippen molar-refractivity contribution < 1.29 is 8.81 Å². The average molecular weight is 396 g/mol. The van der Waals surface area contributed by atoms with E-state index in [-0.39, 0.29) is 11.1 Å². The van der Waals surface area contributed by atoms with Gasteiger partial charge in [0.15, 0.2) is 11.0 Å². The largest absolute Gasteiger partial charge is 0.419 e. The lowest BCUT2D eigenvalue weighted by Gasteiger charge is -2.07. The molecule has 0 N–H and O–H groups in total. The highest BCUT2D eigenvalue weighted by molar-refractivity contribution is 7.99. The van der Waals surface area contributed by atoms with E-state index in [1.165, 1.54) is 23.9 Å². The standard InChI is InChI=1S/C19H17FN6OS/c1-11-9-14(7-8-21-11)18-24-23-17(27-18)12(2)28-19-25-22-16(26(19)3)13-5-4-6-15(20)10-13/h4-10,12H,1-3H3. The molecule has 4 rings (SSSR count). The van der Waals surface area contributed by atoms with Crippen molar-refractivity contribution in [3.05, 3.63) is 60.0 Å². The van der Waals surface area contributed by atoms with Crippen LogP contribution >= 0.6 is 11.8 Å². The topological polar surface area (TPSA) is 82.5 Å². The first kappa shape index (κ1) is 18.3. The van der Waals surface area contributed by atoms with Gasteiger partial charge in [-0.05, 0) is 38.1 Å². The third kappa shape index (κ3) is 3.65. The molecule has 0 saturated heterocycles. The molecule has 1 aromatic carbocycles. The molecular formula is C19H17FN6OS. The highest BCUT2D eigenvalue weighted by Crippen LogP contribution is 2.35. The zero-order valence-corrected chi connectivity index (χ0v) is 16.3. The van der Waals surface area contributed by atoms with E-state index in [9.17, 15) is 4.39 Å². The van der Waals surface area contributed by atoms with E-state index < -0.39 is 0 Å². The third-order valence-electron chi connectivity index (χ3n) is 4.13. The van der Waals surface area contributed by atoms with Crippen LogP contribution in [0, 0.1) is 12.7 Å². The molecule has 9 heteroatoms. The summed E-state index contributed by atoms with van der Waals surface area (Å²) in [6, 6.07) is 10.00. The molecule has 28 heavy (non-hydrogen) atoms. The van der Waals surface area contributed by atoms with Crippen LogP contribution in [-0.4, -0.2) is 29.9 Å². The number of rotatable bonds is 5. The van der Waals surface area contributed by atoms with E-state index in [0.29, 0.717) is 28.3 Å². The first-order valence-electron chi connectivity index (χ1n) is 8.59. The van der Waals surface area contributed by atoms with Crippen LogP contribution in [0.1, 0.15) is 23.8 Å². The molecule has 142 valence electrons. The van der Waals surface area contributed by atoms with E-state index in [2.05, 4.69) is 25.4 Å². The molecule has 0 aliphatic rings. The molecule has 0 amide bonds. The molecule has 0 aliphatic heterocycles. The highest BCUT2D eigenvalue weighted by atomic mass is 32.2. The smallest absolute Gasteiger partial charge is 0.247 e. The van der Waals surface area contributed by atoms with Gasteiger partial charge in [0.25, 0.3) is 0 Å². The second-order valence-corrected chi connectivity index (χ2v) is 7.57. The van der Waals surface area contributed by atoms with Crippen LogP contribution in [0.5, 0.6) is 0 Å². The maximum atomic E-state index is 13.5. The van der Waals surface area contributed by atoms with Crippen molar-refractivity contribution in [3.63, 3.8) is 0 Å². The molecule has 0 aliphatic carbocycles. The Balaban J connectivity index is 1.54. The van der Waals surface area contributed by atoms with Crippen LogP contribution in [0.2, 0.25) is 0 Å². The minimum absolute atomic E-state index is 0.132. The van der Waals surface area contributed by atoms with Gasteiger partial charge in [-0.3, -0.25) is 4.98 Å². The Morgan fingerprint density at radius 1 is 1.07 bits per heavy atom. The Kier molecular flexibility index (Phi) is 4.91. The lowest BCUT2D eigenvalue weighted by molar-refractivity contribution is 0.508. The van der Waals surface area contributed by atoms with Crippen LogP contribution in [0.15, 0.2) is 52.2 Å². The lowest BCUT2D eigenvalue weighted by Crippen LogP contribution is -1.97. The van der Waals surface area contributed by atoms with Crippen molar-refractivity contribution in [1.82, 2.24) is 29.9 Å². The number of benzene rings is 1. The lowest BCUT2D eigenvalue weighted by atomic mass is 10.2. The van der Waals surface area contributed by atoms with Gasteiger partial charge in [0, 0.05) is 30.1 Å². The minimum atomic E-state index is -0.312. The van der Waals surface area contributed by atoms with E-state index >= 15 is 0 Å². The van der Waals surface area contributed by atoms with Crippen LogP contribution in [0.4, 0.5) is 4.39 Å². The summed E-state index contributed by atoms with van der Waals surface area (Å²) in [5.41, 5.74) is 2.38. The summed E-state index contributed by atoms with van der Waals surface area (Å²) < 4.78 is 21.1. The molecule has 0 fully saturated rings. The maximum absolute atomic E-state index is 13.5. The fraction of sp³-hybridized carbons (Fsp3) is 0.211. The number of thioether (sulfide) groups is 1. The second-order valence-electron chi connectivity index (χ2n) is 6.27. The molecule has 0 spiro atoms. The summed E-state index contributed by atoms with van der Waals surface area (Å²) in [6.45, 7) is 3.86. The van der Waals surface area contributed by atoms with Crippen LogP contribution in [0.3, 0.4) is 0 Å². The molecule has 0 saturated carbocycles. The fourth-order valence-electron chi connectivity index (χ4n) is 2.70. The molecule has 3 heterocycles. The van der Waals surface area contributed by atoms with Gasteiger partial charge in [0.05, 0.1) is 5.25 Å². The number of hydrogen-bond acceptors (Lipinski definition) is 7. The Morgan fingerprint density at radius 2 is 1.93 bits per heavy atom. The number of aryl methyl sites for hydroxylation is 1. The summed E-state index contributed by atoms with van der Waals surface area (Å²) >= 11 is 1.44. The summed E-state index contributed by atoms with van der Waals surface area (Å²) in [6.07, 6.45) is 1.71. The van der Waals surface area contributed by atoms with E-state index in [4.69, 9.17) is 4.42 Å². The Hall–Kier alpha value is -3.07. The van der Waals surface area contributed by atoms with Crippen molar-refractivity contribution in [3.8, 4) is 22.8 Å². The first-order valence-corrected chi connectivity index (χ1v) is 9.47. The van der Waals surface area contributed by atoms with Gasteiger partial charge in [-0.2, -0.15) is 0 Å². The molecule has 0 bridgehead atoms. The van der Waals surface area contributed by atoms with E-state index in [1.807, 2.05) is 37.6 Å². The van der Waals surface area contributed by atoms with Crippen molar-refractivity contribution in [2.75, 3.05) is 0 Å². The Labute approximate surface area is 165 Å². The monoisotopic (exact) mass is 396 g/mol. The van der Waals surface area contributed by atoms with Crippen molar-refractivity contribution in [2.24, 2.45) is 7.05 Å². The minimum Gasteiger partial charge on any atom is -0.419 e. The quantitative estimate of drug-likeness (QED) is 0.467. The van der Waals surface area contributed by atoms with Gasteiger partial charge < -0.3 is 8.98 Å². The molecule has 3 aromatic heterocycles. The van der Waals surface area contributed by atoms with Crippen LogP contribution < -0.4 is 0 Å². The average Bonchev–Trinajstić information content (AvgIpc) is 3.30. The number of halogens is 1. The van der Waals surface area contributed by atoms with Crippen LogP contribution in [-0.2, 0) is 7.05 Å². The Morgan fingerprint density at radius 3 is 2.71 bits per heavy atom. The van der Waals surface area contributed by atoms with Crippen molar-refractivity contribution in [2.45, 2.75) is 24.3 Å². The molecular weight excluding hydrogens is 379 g/mol. The second kappa shape index (κ2) is 7.51. The maximum Gasteiger partial charge on any atom is 0.247 e. The van der Waals surface area contributed by atoms with E-state index in [0.717, 1.165) is 11.3 Å². The van der Waals surface area contributed by atoms with Gasteiger partial charge in [0.2, 0.25) is 11.8 Å². The summed E-state index contributed by atoms with van der Waals surface area (Å²) in [4.78, 5) is 4.17. The molecule has 1 unspecified atom stereocenters.